The third-order valence-corrected chi connectivity index (χ3v) is 9.89. The lowest BCUT2D eigenvalue weighted by Crippen LogP contribution is -2.55. The fourth-order valence-corrected chi connectivity index (χ4v) is 7.54. The number of halogens is 1. The standard InChI is InChI=1S/C35H43ClN8O2/c1-5-31(45)44-20-19-42(21-26(44)14-15-37)34-33-29(38-35(39-34)46-23-27-11-8-16-43(27)24(2)3)22-41(18-17-40(33)4)30-13-7-10-25-9-6-12-28(36)32(25)30/h5-7,9-10,12-13,24,26-27H,1,8,11,14,16-23H2,2-4H3/t26-,27-/m0/s1. The molecule has 11 heteroatoms. The first kappa shape index (κ1) is 31.9. The van der Waals surface area contributed by atoms with Crippen LogP contribution in [0.15, 0.2) is 49.1 Å². The number of nitrogens with zero attached hydrogens (tertiary/aromatic N) is 8. The highest BCUT2D eigenvalue weighted by Crippen LogP contribution is 2.39. The predicted octanol–water partition coefficient (Wildman–Crippen LogP) is 5.11. The smallest absolute Gasteiger partial charge is 0.318 e. The van der Waals surface area contributed by atoms with Gasteiger partial charge < -0.3 is 24.3 Å². The molecule has 0 radical (unpaired) electrons. The van der Waals surface area contributed by atoms with E-state index in [1.165, 1.54) is 6.08 Å². The maximum Gasteiger partial charge on any atom is 0.318 e. The zero-order valence-electron chi connectivity index (χ0n) is 27.0. The molecule has 3 aliphatic rings. The van der Waals surface area contributed by atoms with E-state index in [9.17, 15) is 10.1 Å². The monoisotopic (exact) mass is 642 g/mol. The summed E-state index contributed by atoms with van der Waals surface area (Å²) in [6, 6.07) is 15.4. The number of likely N-dealkylation sites (N-methyl/N-ethyl adjacent to an activating group) is 1. The molecule has 2 atom stereocenters. The van der Waals surface area contributed by atoms with Crippen LogP contribution in [-0.2, 0) is 11.3 Å². The van der Waals surface area contributed by atoms with Crippen molar-refractivity contribution in [2.45, 2.75) is 57.8 Å². The molecule has 1 aromatic heterocycles. The van der Waals surface area contributed by atoms with Gasteiger partial charge in [0.15, 0.2) is 5.82 Å². The van der Waals surface area contributed by atoms with Gasteiger partial charge in [-0.3, -0.25) is 9.69 Å². The SMILES string of the molecule is C=CC(=O)N1CCN(c2nc(OC[C@@H]3CCCN3C(C)C)nc3c2N(C)CCN(c2cccc4cccc(Cl)c24)C3)C[C@@H]1CC#N. The van der Waals surface area contributed by atoms with E-state index in [4.69, 9.17) is 26.3 Å². The molecule has 46 heavy (non-hydrogen) atoms. The molecule has 0 N–H and O–H groups in total. The Morgan fingerprint density at radius 3 is 2.65 bits per heavy atom. The van der Waals surface area contributed by atoms with Crippen LogP contribution in [0.1, 0.15) is 38.8 Å². The van der Waals surface area contributed by atoms with E-state index < -0.39 is 0 Å². The van der Waals surface area contributed by atoms with Crippen molar-refractivity contribution in [3.63, 3.8) is 0 Å². The lowest BCUT2D eigenvalue weighted by Gasteiger charge is -2.41. The topological polar surface area (TPSA) is 92.1 Å². The van der Waals surface area contributed by atoms with Gasteiger partial charge in [-0.2, -0.15) is 15.2 Å². The highest BCUT2D eigenvalue weighted by Gasteiger charge is 2.35. The Morgan fingerprint density at radius 2 is 1.89 bits per heavy atom. The number of aromatic nitrogens is 2. The highest BCUT2D eigenvalue weighted by molar-refractivity contribution is 6.36. The summed E-state index contributed by atoms with van der Waals surface area (Å²) >= 11 is 6.77. The second-order valence-electron chi connectivity index (χ2n) is 12.7. The fourth-order valence-electron chi connectivity index (χ4n) is 7.26. The van der Waals surface area contributed by atoms with Gasteiger partial charge in [0.1, 0.15) is 12.3 Å². The van der Waals surface area contributed by atoms with Crippen molar-refractivity contribution in [3.05, 3.63) is 59.8 Å². The number of carbonyl (C=O) groups excluding carboxylic acids is 1. The Bertz CT molecular complexity index is 1640. The zero-order valence-corrected chi connectivity index (χ0v) is 27.8. The number of amides is 1. The van der Waals surface area contributed by atoms with Crippen molar-refractivity contribution in [2.24, 2.45) is 0 Å². The first-order valence-corrected chi connectivity index (χ1v) is 16.6. The molecule has 2 fully saturated rings. The number of rotatable bonds is 8. The molecule has 10 nitrogen and oxygen atoms in total. The van der Waals surface area contributed by atoms with Gasteiger partial charge in [-0.15, -0.1) is 0 Å². The van der Waals surface area contributed by atoms with Gasteiger partial charge in [0.05, 0.1) is 35.8 Å². The molecule has 0 saturated carbocycles. The zero-order chi connectivity index (χ0) is 32.4. The van der Waals surface area contributed by atoms with E-state index >= 15 is 0 Å². The summed E-state index contributed by atoms with van der Waals surface area (Å²) in [5.74, 6) is 0.624. The average Bonchev–Trinajstić information content (AvgIpc) is 3.47. The number of fused-ring (bicyclic) bond motifs is 2. The van der Waals surface area contributed by atoms with Gasteiger partial charge in [0.25, 0.3) is 0 Å². The normalized spacial score (nSPS) is 20.5. The third-order valence-electron chi connectivity index (χ3n) is 9.58. The molecule has 0 spiro atoms. The van der Waals surface area contributed by atoms with Crippen LogP contribution in [0.2, 0.25) is 5.02 Å². The van der Waals surface area contributed by atoms with Crippen LogP contribution in [0.5, 0.6) is 6.01 Å². The van der Waals surface area contributed by atoms with E-state index in [-0.39, 0.29) is 18.4 Å². The molecule has 2 aromatic carbocycles. The van der Waals surface area contributed by atoms with Gasteiger partial charge in [-0.25, -0.2) is 0 Å². The van der Waals surface area contributed by atoms with E-state index in [0.717, 1.165) is 71.2 Å². The molecule has 0 bridgehead atoms. The molecule has 6 rings (SSSR count). The van der Waals surface area contributed by atoms with Gasteiger partial charge in [-0.1, -0.05) is 42.4 Å². The summed E-state index contributed by atoms with van der Waals surface area (Å²) in [4.78, 5) is 33.8. The minimum atomic E-state index is -0.275. The molecule has 0 aliphatic carbocycles. The maximum atomic E-state index is 12.7. The van der Waals surface area contributed by atoms with E-state index in [1.807, 2.05) is 12.1 Å². The number of piperazine rings is 1. The number of anilines is 3. The Balaban J connectivity index is 1.39. The Kier molecular flexibility index (Phi) is 9.52. The van der Waals surface area contributed by atoms with Crippen molar-refractivity contribution in [3.8, 4) is 12.1 Å². The lowest BCUT2D eigenvalue weighted by molar-refractivity contribution is -0.128. The number of carbonyl (C=O) groups is 1. The first-order chi connectivity index (χ1) is 22.3. The summed E-state index contributed by atoms with van der Waals surface area (Å²) < 4.78 is 6.45. The largest absolute Gasteiger partial charge is 0.462 e. The molecule has 3 aromatic rings. The van der Waals surface area contributed by atoms with E-state index in [2.05, 4.69) is 77.4 Å². The average molecular weight is 643 g/mol. The van der Waals surface area contributed by atoms with Crippen molar-refractivity contribution in [2.75, 3.05) is 67.6 Å². The Labute approximate surface area is 276 Å². The van der Waals surface area contributed by atoms with Crippen LogP contribution in [0.3, 0.4) is 0 Å². The molecule has 4 heterocycles. The second-order valence-corrected chi connectivity index (χ2v) is 13.1. The molecule has 242 valence electrons. The van der Waals surface area contributed by atoms with Crippen LogP contribution < -0.4 is 19.4 Å². The van der Waals surface area contributed by atoms with Gasteiger partial charge in [0, 0.05) is 62.9 Å². The molecular formula is C35H43ClN8O2. The lowest BCUT2D eigenvalue weighted by atomic mass is 10.1. The predicted molar refractivity (Wildman–Crippen MR) is 184 cm³/mol. The molecule has 2 saturated heterocycles. The Hall–Kier alpha value is -4.07. The summed E-state index contributed by atoms with van der Waals surface area (Å²) in [5, 5.41) is 12.5. The summed E-state index contributed by atoms with van der Waals surface area (Å²) in [7, 11) is 2.08. The van der Waals surface area contributed by atoms with E-state index in [0.29, 0.717) is 50.9 Å². The van der Waals surface area contributed by atoms with Crippen LogP contribution in [0.25, 0.3) is 10.8 Å². The van der Waals surface area contributed by atoms with Crippen molar-refractivity contribution >= 4 is 45.5 Å². The van der Waals surface area contributed by atoms with Crippen molar-refractivity contribution in [1.29, 1.82) is 5.26 Å². The first-order valence-electron chi connectivity index (χ1n) is 16.3. The number of nitriles is 1. The number of hydrogen-bond donors (Lipinski definition) is 0. The molecule has 3 aliphatic heterocycles. The number of ether oxygens (including phenoxy) is 1. The Morgan fingerprint density at radius 1 is 1.11 bits per heavy atom. The quantitative estimate of drug-likeness (QED) is 0.311. The van der Waals surface area contributed by atoms with Crippen LogP contribution in [-0.4, -0.2) is 96.7 Å². The number of benzene rings is 2. The van der Waals surface area contributed by atoms with Gasteiger partial charge in [-0.05, 0) is 56.8 Å². The highest BCUT2D eigenvalue weighted by atomic mass is 35.5. The van der Waals surface area contributed by atoms with Crippen molar-refractivity contribution in [1.82, 2.24) is 19.8 Å². The van der Waals surface area contributed by atoms with Crippen molar-refractivity contribution < 1.29 is 9.53 Å². The second kappa shape index (κ2) is 13.7. The fraction of sp³-hybridized carbons (Fsp3) is 0.486. The summed E-state index contributed by atoms with van der Waals surface area (Å²) in [5.41, 5.74) is 2.89. The molecule has 1 amide bonds. The summed E-state index contributed by atoms with van der Waals surface area (Å²) in [6.45, 7) is 13.3. The van der Waals surface area contributed by atoms with Crippen LogP contribution >= 0.6 is 11.6 Å². The molecular weight excluding hydrogens is 600 g/mol. The number of hydrogen-bond acceptors (Lipinski definition) is 9. The number of likely N-dealkylation sites (tertiary alicyclic amines) is 1. The van der Waals surface area contributed by atoms with E-state index in [1.54, 1.807) is 4.90 Å². The minimum absolute atomic E-state index is 0.154. The maximum absolute atomic E-state index is 12.7. The van der Waals surface area contributed by atoms with Gasteiger partial charge >= 0.3 is 6.01 Å². The van der Waals surface area contributed by atoms with Gasteiger partial charge in [0.2, 0.25) is 5.91 Å². The molecule has 0 unspecified atom stereocenters. The van der Waals surface area contributed by atoms with Crippen LogP contribution in [0, 0.1) is 11.3 Å². The van der Waals surface area contributed by atoms with Crippen LogP contribution in [0.4, 0.5) is 17.2 Å². The summed E-state index contributed by atoms with van der Waals surface area (Å²) in [6.07, 6.45) is 3.80. The third kappa shape index (κ3) is 6.31. The minimum Gasteiger partial charge on any atom is -0.462 e.